The lowest BCUT2D eigenvalue weighted by molar-refractivity contribution is -0.123. The molecule has 0 radical (unpaired) electrons. The SMILES string of the molecule is CC(=O)N(CCNC(=O)COc1ccc(C)cc1)c1ccc(C(C)C)cc1. The van der Waals surface area contributed by atoms with Gasteiger partial charge in [0.15, 0.2) is 6.61 Å². The molecule has 0 atom stereocenters. The van der Waals surface area contributed by atoms with Crippen LogP contribution in [0.2, 0.25) is 0 Å². The minimum atomic E-state index is -0.214. The molecule has 0 fully saturated rings. The molecule has 0 unspecified atom stereocenters. The van der Waals surface area contributed by atoms with E-state index in [2.05, 4.69) is 19.2 Å². The second-order valence-corrected chi connectivity index (χ2v) is 6.87. The van der Waals surface area contributed by atoms with Gasteiger partial charge in [-0.1, -0.05) is 43.7 Å². The fraction of sp³-hybridized carbons (Fsp3) is 0.364. The zero-order valence-electron chi connectivity index (χ0n) is 16.5. The predicted molar refractivity (Wildman–Crippen MR) is 108 cm³/mol. The average molecular weight is 368 g/mol. The highest BCUT2D eigenvalue weighted by atomic mass is 16.5. The first kappa shape index (κ1) is 20.5. The number of anilines is 1. The van der Waals surface area contributed by atoms with Gasteiger partial charge in [-0.05, 0) is 42.7 Å². The number of amides is 2. The summed E-state index contributed by atoms with van der Waals surface area (Å²) in [5.41, 5.74) is 3.19. The van der Waals surface area contributed by atoms with Crippen molar-refractivity contribution in [3.8, 4) is 5.75 Å². The van der Waals surface area contributed by atoms with E-state index in [9.17, 15) is 9.59 Å². The summed E-state index contributed by atoms with van der Waals surface area (Å²) in [5.74, 6) is 0.829. The molecule has 27 heavy (non-hydrogen) atoms. The number of benzene rings is 2. The Morgan fingerprint density at radius 3 is 2.22 bits per heavy atom. The van der Waals surface area contributed by atoms with E-state index >= 15 is 0 Å². The lowest BCUT2D eigenvalue weighted by atomic mass is 10.0. The minimum Gasteiger partial charge on any atom is -0.484 e. The molecule has 0 aliphatic heterocycles. The van der Waals surface area contributed by atoms with E-state index in [-0.39, 0.29) is 18.4 Å². The molecule has 2 aromatic rings. The Balaban J connectivity index is 1.82. The first-order valence-electron chi connectivity index (χ1n) is 9.21. The summed E-state index contributed by atoms with van der Waals surface area (Å²) in [6.07, 6.45) is 0. The van der Waals surface area contributed by atoms with Gasteiger partial charge in [-0.3, -0.25) is 9.59 Å². The molecule has 0 spiro atoms. The van der Waals surface area contributed by atoms with Crippen molar-refractivity contribution in [3.05, 3.63) is 59.7 Å². The highest BCUT2D eigenvalue weighted by molar-refractivity contribution is 5.91. The van der Waals surface area contributed by atoms with E-state index < -0.39 is 0 Å². The van der Waals surface area contributed by atoms with Gasteiger partial charge in [0.05, 0.1) is 0 Å². The maximum atomic E-state index is 12.0. The Kier molecular flexibility index (Phi) is 7.41. The van der Waals surface area contributed by atoms with Crippen molar-refractivity contribution in [2.75, 3.05) is 24.6 Å². The van der Waals surface area contributed by atoms with Crippen molar-refractivity contribution in [2.24, 2.45) is 0 Å². The normalized spacial score (nSPS) is 10.6. The Labute approximate surface area is 161 Å². The molecule has 1 N–H and O–H groups in total. The van der Waals surface area contributed by atoms with Crippen LogP contribution in [0.1, 0.15) is 37.8 Å². The van der Waals surface area contributed by atoms with E-state index in [4.69, 9.17) is 4.74 Å². The van der Waals surface area contributed by atoms with Gasteiger partial charge in [0.25, 0.3) is 5.91 Å². The third-order valence-electron chi connectivity index (χ3n) is 4.30. The third-order valence-corrected chi connectivity index (χ3v) is 4.30. The number of carbonyl (C=O) groups is 2. The fourth-order valence-corrected chi connectivity index (χ4v) is 2.65. The summed E-state index contributed by atoms with van der Waals surface area (Å²) in [6.45, 7) is 8.50. The van der Waals surface area contributed by atoms with Crippen LogP contribution in [0, 0.1) is 6.92 Å². The molecule has 0 heterocycles. The van der Waals surface area contributed by atoms with Gasteiger partial charge in [0.2, 0.25) is 5.91 Å². The summed E-state index contributed by atoms with van der Waals surface area (Å²) < 4.78 is 5.46. The summed E-state index contributed by atoms with van der Waals surface area (Å²) in [4.78, 5) is 25.6. The van der Waals surface area contributed by atoms with Crippen LogP contribution in [-0.2, 0) is 9.59 Å². The number of hydrogen-bond acceptors (Lipinski definition) is 3. The average Bonchev–Trinajstić information content (AvgIpc) is 2.64. The molecule has 2 aromatic carbocycles. The van der Waals surface area contributed by atoms with Crippen LogP contribution in [0.4, 0.5) is 5.69 Å². The second kappa shape index (κ2) is 9.76. The van der Waals surface area contributed by atoms with Gasteiger partial charge in [-0.15, -0.1) is 0 Å². The van der Waals surface area contributed by atoms with Crippen LogP contribution in [-0.4, -0.2) is 31.5 Å². The van der Waals surface area contributed by atoms with Crippen LogP contribution in [0.3, 0.4) is 0 Å². The van der Waals surface area contributed by atoms with Gasteiger partial charge in [0, 0.05) is 25.7 Å². The smallest absolute Gasteiger partial charge is 0.258 e. The van der Waals surface area contributed by atoms with Gasteiger partial charge in [-0.25, -0.2) is 0 Å². The largest absolute Gasteiger partial charge is 0.484 e. The monoisotopic (exact) mass is 368 g/mol. The number of nitrogens with zero attached hydrogens (tertiary/aromatic N) is 1. The maximum Gasteiger partial charge on any atom is 0.258 e. The Morgan fingerprint density at radius 1 is 1.04 bits per heavy atom. The molecular formula is C22H28N2O3. The predicted octanol–water partition coefficient (Wildman–Crippen LogP) is 3.67. The topological polar surface area (TPSA) is 58.6 Å². The molecule has 0 saturated heterocycles. The van der Waals surface area contributed by atoms with Crippen molar-refractivity contribution < 1.29 is 14.3 Å². The van der Waals surface area contributed by atoms with Crippen LogP contribution >= 0.6 is 0 Å². The van der Waals surface area contributed by atoms with Gasteiger partial charge >= 0.3 is 0 Å². The van der Waals surface area contributed by atoms with E-state index in [1.165, 1.54) is 12.5 Å². The number of hydrogen-bond donors (Lipinski definition) is 1. The third kappa shape index (κ3) is 6.44. The summed E-state index contributed by atoms with van der Waals surface area (Å²) >= 11 is 0. The van der Waals surface area contributed by atoms with Crippen molar-refractivity contribution >= 4 is 17.5 Å². The summed E-state index contributed by atoms with van der Waals surface area (Å²) in [5, 5.41) is 2.79. The second-order valence-electron chi connectivity index (χ2n) is 6.87. The fourth-order valence-electron chi connectivity index (χ4n) is 2.65. The van der Waals surface area contributed by atoms with Crippen molar-refractivity contribution in [1.29, 1.82) is 0 Å². The molecule has 0 aliphatic rings. The summed E-state index contributed by atoms with van der Waals surface area (Å²) in [7, 11) is 0. The molecule has 2 amide bonds. The number of nitrogens with one attached hydrogen (secondary N) is 1. The molecular weight excluding hydrogens is 340 g/mol. The van der Waals surface area contributed by atoms with Crippen LogP contribution in [0.25, 0.3) is 0 Å². The molecule has 144 valence electrons. The lowest BCUT2D eigenvalue weighted by Gasteiger charge is -2.22. The Hall–Kier alpha value is -2.82. The van der Waals surface area contributed by atoms with E-state index in [0.29, 0.717) is 24.8 Å². The van der Waals surface area contributed by atoms with Crippen molar-refractivity contribution in [2.45, 2.75) is 33.6 Å². The molecule has 5 heteroatoms. The molecule has 0 bridgehead atoms. The lowest BCUT2D eigenvalue weighted by Crippen LogP contribution is -2.39. The van der Waals surface area contributed by atoms with E-state index in [1.54, 1.807) is 4.90 Å². The Bertz CT molecular complexity index is 752. The van der Waals surface area contributed by atoms with Crippen LogP contribution in [0.15, 0.2) is 48.5 Å². The standard InChI is InChI=1S/C22H28N2O3/c1-16(2)19-7-9-20(10-8-19)24(18(4)25)14-13-23-22(26)15-27-21-11-5-17(3)6-12-21/h5-12,16H,13-15H2,1-4H3,(H,23,26). The van der Waals surface area contributed by atoms with Gasteiger partial charge < -0.3 is 15.0 Å². The Morgan fingerprint density at radius 2 is 1.67 bits per heavy atom. The minimum absolute atomic E-state index is 0.0494. The van der Waals surface area contributed by atoms with Crippen molar-refractivity contribution in [3.63, 3.8) is 0 Å². The van der Waals surface area contributed by atoms with E-state index in [0.717, 1.165) is 11.3 Å². The van der Waals surface area contributed by atoms with E-state index in [1.807, 2.05) is 55.5 Å². The number of carbonyl (C=O) groups excluding carboxylic acids is 2. The molecule has 5 nitrogen and oxygen atoms in total. The molecule has 2 rings (SSSR count). The highest BCUT2D eigenvalue weighted by Gasteiger charge is 2.12. The van der Waals surface area contributed by atoms with Gasteiger partial charge in [-0.2, -0.15) is 0 Å². The first-order valence-corrected chi connectivity index (χ1v) is 9.21. The quantitative estimate of drug-likeness (QED) is 0.773. The number of rotatable bonds is 8. The zero-order valence-corrected chi connectivity index (χ0v) is 16.5. The molecule has 0 aliphatic carbocycles. The van der Waals surface area contributed by atoms with Crippen LogP contribution in [0.5, 0.6) is 5.75 Å². The highest BCUT2D eigenvalue weighted by Crippen LogP contribution is 2.20. The number of aryl methyl sites for hydroxylation is 1. The maximum absolute atomic E-state index is 12.0. The molecule has 0 aromatic heterocycles. The first-order chi connectivity index (χ1) is 12.9. The number of ether oxygens (including phenoxy) is 1. The van der Waals surface area contributed by atoms with Crippen molar-refractivity contribution in [1.82, 2.24) is 5.32 Å². The van der Waals surface area contributed by atoms with Crippen LogP contribution < -0.4 is 15.0 Å². The molecule has 0 saturated carbocycles. The summed E-state index contributed by atoms with van der Waals surface area (Å²) in [6, 6.07) is 15.5. The van der Waals surface area contributed by atoms with Gasteiger partial charge in [0.1, 0.15) is 5.75 Å². The zero-order chi connectivity index (χ0) is 19.8.